The first-order valence-corrected chi connectivity index (χ1v) is 17.4. The number of allylic oxidation sites excluding steroid dienone is 1. The Kier molecular flexibility index (Phi) is 9.85. The van der Waals surface area contributed by atoms with E-state index >= 15 is 0 Å². The van der Waals surface area contributed by atoms with Crippen molar-refractivity contribution in [2.75, 3.05) is 31.4 Å². The normalized spacial score (nSPS) is 17.8. The number of carboxylic acids is 4. The van der Waals surface area contributed by atoms with E-state index in [1.807, 2.05) is 0 Å². The van der Waals surface area contributed by atoms with E-state index in [0.29, 0.717) is 54.2 Å². The van der Waals surface area contributed by atoms with E-state index in [4.69, 9.17) is 31.2 Å². The summed E-state index contributed by atoms with van der Waals surface area (Å²) in [5.41, 5.74) is -1.46. The third-order valence-corrected chi connectivity index (χ3v) is 11.1. The van der Waals surface area contributed by atoms with Gasteiger partial charge in [0.05, 0.1) is 16.8 Å². The maximum absolute atomic E-state index is 13.8. The van der Waals surface area contributed by atoms with Crippen molar-refractivity contribution >= 4 is 99.1 Å². The van der Waals surface area contributed by atoms with Crippen LogP contribution in [-0.2, 0) is 46.5 Å². The molecular formula is C29H22N4O15S4. The fourth-order valence-corrected chi connectivity index (χ4v) is 8.85. The molecule has 3 aromatic rings. The van der Waals surface area contributed by atoms with Crippen LogP contribution < -0.4 is 34.7 Å². The van der Waals surface area contributed by atoms with Gasteiger partial charge in [0.2, 0.25) is 12.6 Å². The minimum atomic E-state index is -1.51. The minimum absolute atomic E-state index is 0.0157. The van der Waals surface area contributed by atoms with E-state index in [1.165, 1.54) is 11.0 Å². The topological polar surface area (TPSA) is 254 Å². The number of aromatic nitrogens is 2. The van der Waals surface area contributed by atoms with E-state index in [-0.39, 0.29) is 42.6 Å². The smallest absolute Gasteiger partial charge is 0.323 e. The zero-order valence-electron chi connectivity index (χ0n) is 26.2. The number of amides is 1. The van der Waals surface area contributed by atoms with Gasteiger partial charge in [-0.25, -0.2) is 0 Å². The Labute approximate surface area is 305 Å². The fourth-order valence-electron chi connectivity index (χ4n) is 5.15. The number of rotatable bonds is 11. The van der Waals surface area contributed by atoms with Gasteiger partial charge in [-0.3, -0.25) is 47.6 Å². The third kappa shape index (κ3) is 6.72. The Bertz CT molecular complexity index is 2500. The molecule has 1 aromatic carbocycles. The van der Waals surface area contributed by atoms with Gasteiger partial charge in [-0.05, 0) is 19.1 Å². The highest BCUT2D eigenvalue weighted by molar-refractivity contribution is 8.03. The number of hydrogen-bond donors (Lipinski definition) is 4. The van der Waals surface area contributed by atoms with E-state index < -0.39 is 78.0 Å². The lowest BCUT2D eigenvalue weighted by Gasteiger charge is -2.20. The number of carboxylic acid groups (broad SMARTS) is 4. The molecule has 0 radical (unpaired) electrons. The van der Waals surface area contributed by atoms with E-state index in [0.717, 1.165) is 16.3 Å². The van der Waals surface area contributed by atoms with Crippen LogP contribution in [0.3, 0.4) is 0 Å². The van der Waals surface area contributed by atoms with Crippen molar-refractivity contribution in [1.82, 2.24) is 14.0 Å². The lowest BCUT2D eigenvalue weighted by atomic mass is 10.2. The van der Waals surface area contributed by atoms with Gasteiger partial charge in [-0.2, -0.15) is 0 Å². The molecule has 1 fully saturated rings. The molecule has 272 valence electrons. The lowest BCUT2D eigenvalue weighted by molar-refractivity contribution is -0.140. The average molecular weight is 795 g/mol. The number of nitrogens with zero attached hydrogens (tertiary/aromatic N) is 4. The summed E-state index contributed by atoms with van der Waals surface area (Å²) < 4.78 is 22.4. The van der Waals surface area contributed by atoms with Gasteiger partial charge in [-0.15, -0.1) is 22.7 Å². The zero-order valence-corrected chi connectivity index (χ0v) is 29.4. The van der Waals surface area contributed by atoms with Crippen LogP contribution in [0.15, 0.2) is 37.4 Å². The second-order valence-electron chi connectivity index (χ2n) is 10.6. The van der Waals surface area contributed by atoms with Crippen LogP contribution in [0.1, 0.15) is 6.92 Å². The number of benzene rings is 1. The molecule has 0 spiro atoms. The summed E-state index contributed by atoms with van der Waals surface area (Å²) >= 11 is 7.24. The first-order chi connectivity index (χ1) is 24.7. The summed E-state index contributed by atoms with van der Waals surface area (Å²) in [6, 6.07) is 3.27. The maximum atomic E-state index is 13.8. The van der Waals surface area contributed by atoms with Crippen molar-refractivity contribution in [2.45, 2.75) is 24.9 Å². The van der Waals surface area contributed by atoms with Crippen molar-refractivity contribution in [1.29, 1.82) is 0 Å². The first kappa shape index (κ1) is 36.2. The predicted molar refractivity (Wildman–Crippen MR) is 182 cm³/mol. The molecule has 3 aliphatic heterocycles. The Morgan fingerprint density at radius 3 is 2.06 bits per heavy atom. The van der Waals surface area contributed by atoms with Crippen LogP contribution in [0, 0.1) is 9.20 Å². The van der Waals surface area contributed by atoms with Gasteiger partial charge in [0, 0.05) is 23.1 Å². The molecule has 0 aliphatic carbocycles. The molecule has 0 saturated carbocycles. The lowest BCUT2D eigenvalue weighted by Crippen LogP contribution is -2.35. The summed E-state index contributed by atoms with van der Waals surface area (Å²) in [7, 11) is 0. The number of ether oxygens (including phenoxy) is 4. The van der Waals surface area contributed by atoms with Crippen LogP contribution in [-0.4, -0.2) is 95.9 Å². The van der Waals surface area contributed by atoms with Gasteiger partial charge in [0.15, 0.2) is 17.3 Å². The van der Waals surface area contributed by atoms with Gasteiger partial charge in [0.25, 0.3) is 16.3 Å². The average Bonchev–Trinajstić information content (AvgIpc) is 3.86. The standard InChI is InChI=1S/C29H22N4O15S4/c1-2-45-14(26-30(6-17(34)35)11-3-12-13(47-10-46-12)4-15(11)50-26)5-16-23(42)31(7-18(36)37)28(51-16)22-25(44)32(8-19(38)39)27(52-22)21-24(43)33(9-20(40)41)29(49)48-21/h3-5H,2,6-10H2,1H3,(H,34,35)(H,36,37)(H,38,39)(H,40,41)/b16-5?,26-14?,27-21?,28-22+. The number of carbonyl (C=O) groups is 5. The van der Waals surface area contributed by atoms with Gasteiger partial charge in [-0.1, -0.05) is 11.8 Å². The Hall–Kier alpha value is -5.65. The number of fused-ring (bicyclic) bond motifs is 2. The molecule has 0 bridgehead atoms. The van der Waals surface area contributed by atoms with Crippen LogP contribution in [0.25, 0.3) is 11.8 Å². The van der Waals surface area contributed by atoms with E-state index in [1.54, 1.807) is 19.1 Å². The predicted octanol–water partition coefficient (Wildman–Crippen LogP) is -0.663. The van der Waals surface area contributed by atoms with Crippen LogP contribution in [0.2, 0.25) is 0 Å². The van der Waals surface area contributed by atoms with E-state index in [2.05, 4.69) is 0 Å². The molecule has 0 atom stereocenters. The quantitative estimate of drug-likeness (QED) is 0.139. The summed E-state index contributed by atoms with van der Waals surface area (Å²) in [6.45, 7) is -1.67. The monoisotopic (exact) mass is 794 g/mol. The SMILES string of the molecule is CCOC(C=c1s/c(=c2/sc(=C3OC(=S)N(CC(=O)O)C3=O)n(CC(=O)O)c2=O)n(CC(=O)O)c1=O)=C1Sc2cc3c(cc2N1CC(=O)O)OCO3. The van der Waals surface area contributed by atoms with Gasteiger partial charge < -0.3 is 44.3 Å². The number of thiazole rings is 2. The highest BCUT2D eigenvalue weighted by Crippen LogP contribution is 2.52. The zero-order chi connectivity index (χ0) is 37.6. The van der Waals surface area contributed by atoms with Crippen LogP contribution in [0.4, 0.5) is 5.69 Å². The summed E-state index contributed by atoms with van der Waals surface area (Å²) in [5, 5.41) is 37.9. The molecule has 23 heteroatoms. The molecule has 1 amide bonds. The maximum Gasteiger partial charge on any atom is 0.323 e. The molecule has 1 saturated heterocycles. The van der Waals surface area contributed by atoms with Crippen LogP contribution in [0.5, 0.6) is 11.5 Å². The number of thioether (sulfide) groups is 1. The first-order valence-electron chi connectivity index (χ1n) is 14.5. The second kappa shape index (κ2) is 14.2. The number of thiocarbonyl (C=S) groups is 1. The van der Waals surface area contributed by atoms with Gasteiger partial charge in [0.1, 0.15) is 45.1 Å². The van der Waals surface area contributed by atoms with Crippen molar-refractivity contribution in [3.8, 4) is 11.5 Å². The number of hydrogen-bond acceptors (Lipinski definition) is 16. The molecule has 3 aliphatic rings. The molecule has 2 aromatic heterocycles. The van der Waals surface area contributed by atoms with Crippen molar-refractivity contribution in [2.24, 2.45) is 0 Å². The third-order valence-electron chi connectivity index (χ3n) is 7.17. The Morgan fingerprint density at radius 1 is 0.846 bits per heavy atom. The number of carbonyl (C=O) groups excluding carboxylic acids is 1. The summed E-state index contributed by atoms with van der Waals surface area (Å²) in [4.78, 5) is 90.3. The molecule has 0 unspecified atom stereocenters. The van der Waals surface area contributed by atoms with Crippen molar-refractivity contribution in [3.05, 3.63) is 62.0 Å². The number of aliphatic carboxylic acids is 4. The minimum Gasteiger partial charge on any atom is -0.491 e. The largest absolute Gasteiger partial charge is 0.491 e. The van der Waals surface area contributed by atoms with Crippen LogP contribution >= 0.6 is 46.7 Å². The fraction of sp³-hybridized carbons (Fsp3) is 0.241. The summed E-state index contributed by atoms with van der Waals surface area (Å²) in [6.07, 6.45) is 1.27. The molecule has 52 heavy (non-hydrogen) atoms. The molecule has 19 nitrogen and oxygen atoms in total. The van der Waals surface area contributed by atoms with Crippen molar-refractivity contribution < 1.29 is 63.3 Å². The summed E-state index contributed by atoms with van der Waals surface area (Å²) in [5.74, 6) is -6.46. The highest BCUT2D eigenvalue weighted by Gasteiger charge is 2.37. The Balaban J connectivity index is 1.63. The Morgan fingerprint density at radius 2 is 1.44 bits per heavy atom. The molecule has 5 heterocycles. The molecule has 6 rings (SSSR count). The van der Waals surface area contributed by atoms with E-state index in [9.17, 15) is 54.0 Å². The van der Waals surface area contributed by atoms with Crippen molar-refractivity contribution in [3.63, 3.8) is 0 Å². The second-order valence-corrected chi connectivity index (χ2v) is 14.0. The molecular weight excluding hydrogens is 773 g/mol. The highest BCUT2D eigenvalue weighted by atomic mass is 32.2. The van der Waals surface area contributed by atoms with Gasteiger partial charge >= 0.3 is 29.8 Å². The molecule has 4 N–H and O–H groups in total. The number of anilines is 1.